The molecule has 0 aliphatic carbocycles. The summed E-state index contributed by atoms with van der Waals surface area (Å²) < 4.78 is 21.2. The minimum absolute atomic E-state index is 0.101. The van der Waals surface area contributed by atoms with Crippen LogP contribution in [0.5, 0.6) is 0 Å². The van der Waals surface area contributed by atoms with Gasteiger partial charge in [0.15, 0.2) is 0 Å². The molecule has 6 nitrogen and oxygen atoms in total. The van der Waals surface area contributed by atoms with Crippen LogP contribution in [0.1, 0.15) is 18.4 Å². The smallest absolute Gasteiger partial charge is 0.249 e. The second-order valence-corrected chi connectivity index (χ2v) is 6.41. The summed E-state index contributed by atoms with van der Waals surface area (Å²) in [6, 6.07) is 14.1. The summed E-state index contributed by atoms with van der Waals surface area (Å²) in [5.74, 6) is 0.447. The zero-order valence-electron chi connectivity index (χ0n) is 15.4. The van der Waals surface area contributed by atoms with Gasteiger partial charge < -0.3 is 14.3 Å². The lowest BCUT2D eigenvalue weighted by Crippen LogP contribution is -2.27. The maximum atomic E-state index is 13.7. The summed E-state index contributed by atoms with van der Waals surface area (Å²) >= 11 is 0. The van der Waals surface area contributed by atoms with E-state index in [1.165, 1.54) is 6.07 Å². The number of aryl methyl sites for hydroxylation is 1. The van der Waals surface area contributed by atoms with Gasteiger partial charge in [0.1, 0.15) is 12.4 Å². The number of nitrogens with one attached hydrogen (secondary N) is 1. The number of fused-ring (bicyclic) bond motifs is 1. The van der Waals surface area contributed by atoms with Crippen LogP contribution in [-0.2, 0) is 24.3 Å². The molecular formula is C21H19FN4O2. The fourth-order valence-corrected chi connectivity index (χ4v) is 3.10. The van der Waals surface area contributed by atoms with Crippen LogP contribution >= 0.6 is 0 Å². The van der Waals surface area contributed by atoms with E-state index in [0.717, 1.165) is 16.5 Å². The Morgan fingerprint density at radius 2 is 1.93 bits per heavy atom. The van der Waals surface area contributed by atoms with Crippen molar-refractivity contribution < 1.29 is 13.6 Å². The second-order valence-electron chi connectivity index (χ2n) is 6.41. The van der Waals surface area contributed by atoms with Crippen molar-refractivity contribution >= 4 is 16.8 Å². The van der Waals surface area contributed by atoms with Gasteiger partial charge in [0.25, 0.3) is 0 Å². The van der Waals surface area contributed by atoms with Crippen molar-refractivity contribution in [2.24, 2.45) is 0 Å². The first-order valence-electron chi connectivity index (χ1n) is 9.06. The molecule has 1 amide bonds. The first-order chi connectivity index (χ1) is 13.7. The molecule has 0 aliphatic heterocycles. The fourth-order valence-electron chi connectivity index (χ4n) is 3.10. The fraction of sp³-hybridized carbons (Fsp3) is 0.190. The number of aromatic nitrogens is 3. The van der Waals surface area contributed by atoms with Gasteiger partial charge in [0.2, 0.25) is 17.7 Å². The third-order valence-electron chi connectivity index (χ3n) is 4.54. The zero-order chi connectivity index (χ0) is 19.5. The number of rotatable bonds is 6. The second kappa shape index (κ2) is 7.64. The molecule has 0 fully saturated rings. The van der Waals surface area contributed by atoms with Crippen molar-refractivity contribution in [3.8, 4) is 11.5 Å². The highest BCUT2D eigenvalue weighted by Gasteiger charge is 2.16. The van der Waals surface area contributed by atoms with Crippen LogP contribution in [0.25, 0.3) is 22.4 Å². The summed E-state index contributed by atoms with van der Waals surface area (Å²) in [7, 11) is 0. The molecule has 4 aromatic rings. The third-order valence-corrected chi connectivity index (χ3v) is 4.54. The van der Waals surface area contributed by atoms with Gasteiger partial charge in [-0.2, -0.15) is 0 Å². The van der Waals surface area contributed by atoms with E-state index < -0.39 is 0 Å². The van der Waals surface area contributed by atoms with E-state index in [2.05, 4.69) is 15.5 Å². The van der Waals surface area contributed by atoms with Gasteiger partial charge >= 0.3 is 0 Å². The highest BCUT2D eigenvalue weighted by atomic mass is 19.1. The Morgan fingerprint density at radius 1 is 1.14 bits per heavy atom. The van der Waals surface area contributed by atoms with Crippen molar-refractivity contribution in [2.45, 2.75) is 26.4 Å². The van der Waals surface area contributed by atoms with E-state index in [9.17, 15) is 9.18 Å². The van der Waals surface area contributed by atoms with Crippen LogP contribution in [0, 0.1) is 5.82 Å². The number of nitrogens with zero attached hydrogens (tertiary/aromatic N) is 3. The summed E-state index contributed by atoms with van der Waals surface area (Å²) in [6.07, 6.45) is 2.49. The van der Waals surface area contributed by atoms with Gasteiger partial charge in [-0.05, 0) is 12.1 Å². The molecule has 2 aromatic heterocycles. The first kappa shape index (κ1) is 17.9. The van der Waals surface area contributed by atoms with Crippen LogP contribution in [0.3, 0.4) is 0 Å². The van der Waals surface area contributed by atoms with Crippen molar-refractivity contribution in [2.75, 3.05) is 0 Å². The number of halogens is 1. The molecule has 28 heavy (non-hydrogen) atoms. The van der Waals surface area contributed by atoms with Gasteiger partial charge in [0, 0.05) is 35.6 Å². The Kier molecular flexibility index (Phi) is 4.89. The largest absolute Gasteiger partial charge is 0.421 e. The molecule has 0 bridgehead atoms. The van der Waals surface area contributed by atoms with Crippen LogP contribution in [0.2, 0.25) is 0 Å². The molecular weight excluding hydrogens is 359 g/mol. The molecule has 0 radical (unpaired) electrons. The minimum Gasteiger partial charge on any atom is -0.421 e. The van der Waals surface area contributed by atoms with Gasteiger partial charge in [-0.1, -0.05) is 43.3 Å². The molecule has 142 valence electrons. The number of carbonyl (C=O) groups is 1. The van der Waals surface area contributed by atoms with E-state index in [-0.39, 0.29) is 24.8 Å². The summed E-state index contributed by atoms with van der Waals surface area (Å²) in [5, 5.41) is 11.8. The summed E-state index contributed by atoms with van der Waals surface area (Å²) in [5.41, 5.74) is 2.12. The third kappa shape index (κ3) is 3.51. The van der Waals surface area contributed by atoms with E-state index in [1.807, 2.05) is 42.0 Å². The molecule has 0 spiro atoms. The first-order valence-corrected chi connectivity index (χ1v) is 9.06. The topological polar surface area (TPSA) is 73.0 Å². The molecule has 0 saturated heterocycles. The molecule has 0 saturated carbocycles. The molecule has 0 unspecified atom stereocenters. The summed E-state index contributed by atoms with van der Waals surface area (Å²) in [6.45, 7) is 2.19. The maximum absolute atomic E-state index is 13.7. The molecule has 0 atom stereocenters. The van der Waals surface area contributed by atoms with Crippen LogP contribution < -0.4 is 5.32 Å². The normalized spacial score (nSPS) is 11.1. The lowest BCUT2D eigenvalue weighted by molar-refractivity contribution is -0.121. The van der Waals surface area contributed by atoms with Crippen molar-refractivity contribution in [3.63, 3.8) is 0 Å². The average Bonchev–Trinajstić information content (AvgIpc) is 3.32. The number of amides is 1. The van der Waals surface area contributed by atoms with E-state index in [0.29, 0.717) is 23.8 Å². The van der Waals surface area contributed by atoms with Crippen LogP contribution in [0.15, 0.2) is 59.1 Å². The number of hydrogen-bond donors (Lipinski definition) is 1. The lowest BCUT2D eigenvalue weighted by Gasteiger charge is -2.08. The highest BCUT2D eigenvalue weighted by molar-refractivity contribution is 5.94. The predicted octanol–water partition coefficient (Wildman–Crippen LogP) is 3.71. The van der Waals surface area contributed by atoms with E-state index >= 15 is 0 Å². The minimum atomic E-state index is -0.334. The average molecular weight is 378 g/mol. The SMILES string of the molecule is CCc1nnc(-c2cn(CC(=O)NCc3ccccc3F)c3ccccc23)o1. The quantitative estimate of drug-likeness (QED) is 0.555. The number of benzene rings is 2. The number of para-hydroxylation sites is 1. The number of carbonyl (C=O) groups excluding carboxylic acids is 1. The standard InChI is InChI=1S/C21H19FN4O2/c1-2-20-24-25-21(28-20)16-12-26(18-10-6-4-8-15(16)18)13-19(27)23-11-14-7-3-5-9-17(14)22/h3-10,12H,2,11,13H2,1H3,(H,23,27). The molecule has 2 aromatic carbocycles. The van der Waals surface area contributed by atoms with Gasteiger partial charge in [0.05, 0.1) is 5.56 Å². The predicted molar refractivity (Wildman–Crippen MR) is 103 cm³/mol. The van der Waals surface area contributed by atoms with Gasteiger partial charge in [-0.3, -0.25) is 4.79 Å². The zero-order valence-corrected chi connectivity index (χ0v) is 15.4. The Morgan fingerprint density at radius 3 is 2.71 bits per heavy atom. The molecule has 1 N–H and O–H groups in total. The monoisotopic (exact) mass is 378 g/mol. The van der Waals surface area contributed by atoms with Crippen LogP contribution in [0.4, 0.5) is 4.39 Å². The Balaban J connectivity index is 1.57. The Bertz CT molecular complexity index is 1130. The van der Waals surface area contributed by atoms with Crippen molar-refractivity contribution in [1.29, 1.82) is 0 Å². The van der Waals surface area contributed by atoms with E-state index in [1.54, 1.807) is 18.2 Å². The van der Waals surface area contributed by atoms with Crippen molar-refractivity contribution in [1.82, 2.24) is 20.1 Å². The highest BCUT2D eigenvalue weighted by Crippen LogP contribution is 2.29. The number of hydrogen-bond acceptors (Lipinski definition) is 4. The van der Waals surface area contributed by atoms with Gasteiger partial charge in [-0.15, -0.1) is 10.2 Å². The molecule has 7 heteroatoms. The molecule has 4 rings (SSSR count). The molecule has 0 aliphatic rings. The lowest BCUT2D eigenvalue weighted by atomic mass is 10.2. The maximum Gasteiger partial charge on any atom is 0.249 e. The van der Waals surface area contributed by atoms with Crippen LogP contribution in [-0.4, -0.2) is 20.7 Å². The van der Waals surface area contributed by atoms with Gasteiger partial charge in [-0.25, -0.2) is 4.39 Å². The van der Waals surface area contributed by atoms with E-state index in [4.69, 9.17) is 4.42 Å². The Hall–Kier alpha value is -3.48. The molecule has 2 heterocycles. The summed E-state index contributed by atoms with van der Waals surface area (Å²) in [4.78, 5) is 12.4. The Labute approximate surface area is 161 Å². The van der Waals surface area contributed by atoms with Crippen molar-refractivity contribution in [3.05, 3.63) is 72.0 Å².